The van der Waals surface area contributed by atoms with E-state index in [9.17, 15) is 9.18 Å². The van der Waals surface area contributed by atoms with Gasteiger partial charge in [-0.2, -0.15) is 0 Å². The zero-order chi connectivity index (χ0) is 18.5. The molecule has 0 unspecified atom stereocenters. The molecule has 2 aromatic rings. The number of aryl methyl sites for hydroxylation is 1. The first kappa shape index (κ1) is 18.5. The number of nitrogens with one attached hydrogen (secondary N) is 1. The largest absolute Gasteiger partial charge is 0.384 e. The van der Waals surface area contributed by atoms with Gasteiger partial charge in [0.2, 0.25) is 5.91 Å². The number of anilines is 2. The molecule has 1 heterocycles. The second kappa shape index (κ2) is 8.41. The highest BCUT2D eigenvalue weighted by molar-refractivity contribution is 6.31. The van der Waals surface area contributed by atoms with Gasteiger partial charge in [-0.05, 0) is 42.8 Å². The molecule has 1 saturated heterocycles. The Hall–Kier alpha value is -2.27. The summed E-state index contributed by atoms with van der Waals surface area (Å²) < 4.78 is 13.1. The van der Waals surface area contributed by atoms with Gasteiger partial charge in [-0.15, -0.1) is 0 Å². The molecule has 0 saturated carbocycles. The minimum Gasteiger partial charge on any atom is -0.384 e. The summed E-state index contributed by atoms with van der Waals surface area (Å²) in [6.45, 7) is 5.74. The minimum atomic E-state index is -0.445. The molecule has 0 bridgehead atoms. The van der Waals surface area contributed by atoms with Crippen molar-refractivity contribution in [2.45, 2.75) is 13.3 Å². The van der Waals surface area contributed by atoms with E-state index in [1.165, 1.54) is 23.4 Å². The summed E-state index contributed by atoms with van der Waals surface area (Å²) in [5.41, 5.74) is 3.17. The number of nitrogens with zero attached hydrogens (tertiary/aromatic N) is 2. The van der Waals surface area contributed by atoms with Gasteiger partial charge < -0.3 is 15.1 Å². The Labute approximate surface area is 158 Å². The Kier molecular flexibility index (Phi) is 5.99. The van der Waals surface area contributed by atoms with E-state index in [-0.39, 0.29) is 10.9 Å². The summed E-state index contributed by atoms with van der Waals surface area (Å²) in [5, 5.41) is 3.19. The third-order valence-electron chi connectivity index (χ3n) is 4.59. The van der Waals surface area contributed by atoms with Crippen LogP contribution in [0.5, 0.6) is 0 Å². The quantitative estimate of drug-likeness (QED) is 0.859. The number of hydrogen-bond acceptors (Lipinski definition) is 3. The van der Waals surface area contributed by atoms with Crippen molar-refractivity contribution in [3.8, 4) is 0 Å². The number of amides is 1. The number of piperazine rings is 1. The van der Waals surface area contributed by atoms with Crippen LogP contribution < -0.4 is 10.2 Å². The lowest BCUT2D eigenvalue weighted by Gasteiger charge is -2.36. The van der Waals surface area contributed by atoms with Crippen LogP contribution in [-0.4, -0.2) is 43.5 Å². The van der Waals surface area contributed by atoms with E-state index in [2.05, 4.69) is 41.4 Å². The van der Waals surface area contributed by atoms with Gasteiger partial charge in [0, 0.05) is 50.5 Å². The number of carbonyl (C=O) groups excluding carboxylic acids is 1. The van der Waals surface area contributed by atoms with E-state index in [1.807, 2.05) is 4.90 Å². The zero-order valence-corrected chi connectivity index (χ0v) is 15.6. The molecule has 0 radical (unpaired) electrons. The first-order valence-corrected chi connectivity index (χ1v) is 9.19. The highest BCUT2D eigenvalue weighted by Gasteiger charge is 2.20. The summed E-state index contributed by atoms with van der Waals surface area (Å²) in [6, 6.07) is 12.9. The van der Waals surface area contributed by atoms with E-state index >= 15 is 0 Å². The van der Waals surface area contributed by atoms with Crippen LogP contribution in [0.25, 0.3) is 0 Å². The number of halogens is 2. The van der Waals surface area contributed by atoms with Gasteiger partial charge in [0.15, 0.2) is 0 Å². The van der Waals surface area contributed by atoms with Crippen LogP contribution in [0.3, 0.4) is 0 Å². The van der Waals surface area contributed by atoms with Gasteiger partial charge >= 0.3 is 0 Å². The maximum Gasteiger partial charge on any atom is 0.224 e. The monoisotopic (exact) mass is 375 g/mol. The van der Waals surface area contributed by atoms with Crippen LogP contribution >= 0.6 is 11.6 Å². The summed E-state index contributed by atoms with van der Waals surface area (Å²) in [6.07, 6.45) is 0.402. The fourth-order valence-corrected chi connectivity index (χ4v) is 3.30. The molecule has 0 aliphatic carbocycles. The molecule has 1 aliphatic rings. The van der Waals surface area contributed by atoms with Crippen molar-refractivity contribution in [2.75, 3.05) is 42.9 Å². The number of benzene rings is 2. The van der Waals surface area contributed by atoms with Crippen molar-refractivity contribution in [1.29, 1.82) is 0 Å². The molecule has 2 aromatic carbocycles. The summed E-state index contributed by atoms with van der Waals surface area (Å²) >= 11 is 5.76. The van der Waals surface area contributed by atoms with E-state index in [0.717, 1.165) is 26.2 Å². The van der Waals surface area contributed by atoms with Crippen LogP contribution in [0.4, 0.5) is 15.8 Å². The highest BCUT2D eigenvalue weighted by Crippen LogP contribution is 2.20. The normalized spacial score (nSPS) is 14.4. The lowest BCUT2D eigenvalue weighted by atomic mass is 10.2. The SMILES string of the molecule is Cc1cccc(N2CCN(C(=O)CCNc3ccc(F)c(Cl)c3)CC2)c1. The zero-order valence-electron chi connectivity index (χ0n) is 14.8. The molecule has 3 rings (SSSR count). The summed E-state index contributed by atoms with van der Waals surface area (Å²) in [4.78, 5) is 16.6. The van der Waals surface area contributed by atoms with Crippen LogP contribution in [0.2, 0.25) is 5.02 Å². The average Bonchev–Trinajstić information content (AvgIpc) is 2.65. The van der Waals surface area contributed by atoms with E-state index in [4.69, 9.17) is 11.6 Å². The molecule has 0 spiro atoms. The number of carbonyl (C=O) groups is 1. The third kappa shape index (κ3) is 4.67. The first-order valence-electron chi connectivity index (χ1n) is 8.81. The molecule has 1 aliphatic heterocycles. The highest BCUT2D eigenvalue weighted by atomic mass is 35.5. The lowest BCUT2D eigenvalue weighted by Crippen LogP contribution is -2.49. The molecule has 6 heteroatoms. The van der Waals surface area contributed by atoms with Crippen molar-refractivity contribution in [1.82, 2.24) is 4.90 Å². The molecular weight excluding hydrogens is 353 g/mol. The van der Waals surface area contributed by atoms with Gasteiger partial charge in [0.25, 0.3) is 0 Å². The molecule has 1 amide bonds. The predicted molar refractivity (Wildman–Crippen MR) is 104 cm³/mol. The molecule has 26 heavy (non-hydrogen) atoms. The molecule has 1 N–H and O–H groups in total. The number of rotatable bonds is 5. The molecule has 4 nitrogen and oxygen atoms in total. The predicted octanol–water partition coefficient (Wildman–Crippen LogP) is 3.94. The fourth-order valence-electron chi connectivity index (χ4n) is 3.12. The van der Waals surface area contributed by atoms with Crippen LogP contribution in [-0.2, 0) is 4.79 Å². The maximum atomic E-state index is 13.1. The van der Waals surface area contributed by atoms with Gasteiger partial charge in [-0.25, -0.2) is 4.39 Å². The van der Waals surface area contributed by atoms with Gasteiger partial charge in [0.05, 0.1) is 5.02 Å². The molecule has 0 atom stereocenters. The third-order valence-corrected chi connectivity index (χ3v) is 4.88. The summed E-state index contributed by atoms with van der Waals surface area (Å²) in [5.74, 6) is -0.311. The van der Waals surface area contributed by atoms with E-state index in [0.29, 0.717) is 18.7 Å². The van der Waals surface area contributed by atoms with E-state index in [1.54, 1.807) is 6.07 Å². The Bertz CT molecular complexity index is 775. The van der Waals surface area contributed by atoms with Crippen molar-refractivity contribution >= 4 is 28.9 Å². The standard InChI is InChI=1S/C20H23ClFN3O/c1-15-3-2-4-17(13-15)24-9-11-25(12-10-24)20(26)7-8-23-16-5-6-19(22)18(21)14-16/h2-6,13-14,23H,7-12H2,1H3. The Morgan fingerprint density at radius 2 is 1.92 bits per heavy atom. The Balaban J connectivity index is 1.44. The topological polar surface area (TPSA) is 35.6 Å². The average molecular weight is 376 g/mol. The lowest BCUT2D eigenvalue weighted by molar-refractivity contribution is -0.131. The minimum absolute atomic E-state index is 0.0774. The number of hydrogen-bond donors (Lipinski definition) is 1. The second-order valence-electron chi connectivity index (χ2n) is 6.51. The van der Waals surface area contributed by atoms with Crippen LogP contribution in [0, 0.1) is 12.7 Å². The van der Waals surface area contributed by atoms with Crippen molar-refractivity contribution in [2.24, 2.45) is 0 Å². The molecule has 138 valence electrons. The molecule has 0 aromatic heterocycles. The fraction of sp³-hybridized carbons (Fsp3) is 0.350. The maximum absolute atomic E-state index is 13.1. The van der Waals surface area contributed by atoms with Crippen LogP contribution in [0.15, 0.2) is 42.5 Å². The van der Waals surface area contributed by atoms with Crippen molar-refractivity contribution < 1.29 is 9.18 Å². The molecule has 1 fully saturated rings. The van der Waals surface area contributed by atoms with Crippen molar-refractivity contribution in [3.63, 3.8) is 0 Å². The van der Waals surface area contributed by atoms with Gasteiger partial charge in [-0.3, -0.25) is 4.79 Å². The Morgan fingerprint density at radius 1 is 1.15 bits per heavy atom. The van der Waals surface area contributed by atoms with Gasteiger partial charge in [0.1, 0.15) is 5.82 Å². The smallest absolute Gasteiger partial charge is 0.224 e. The van der Waals surface area contributed by atoms with Gasteiger partial charge in [-0.1, -0.05) is 23.7 Å². The first-order chi connectivity index (χ1) is 12.5. The Morgan fingerprint density at radius 3 is 2.62 bits per heavy atom. The van der Waals surface area contributed by atoms with Crippen LogP contribution in [0.1, 0.15) is 12.0 Å². The molecular formula is C20H23ClFN3O. The second-order valence-corrected chi connectivity index (χ2v) is 6.92. The van der Waals surface area contributed by atoms with E-state index < -0.39 is 5.82 Å². The summed E-state index contributed by atoms with van der Waals surface area (Å²) in [7, 11) is 0. The van der Waals surface area contributed by atoms with Crippen molar-refractivity contribution in [3.05, 3.63) is 58.9 Å².